The molecule has 0 aromatic carbocycles. The molecule has 33 heavy (non-hydrogen) atoms. The molecule has 2 aliphatic rings. The van der Waals surface area contributed by atoms with E-state index in [4.69, 9.17) is 0 Å². The van der Waals surface area contributed by atoms with Crippen LogP contribution in [0.1, 0.15) is 32.1 Å². The standard InChI is InChI=1S/C16H15F13O4/c17-9(18)11(19,20)14(25,26)12(21,22)10(33-8(30)7-4-2-1-3-5-7)6-32-15(31,13(10,23)24)16(27,28)29/h7,9,31H,1-6H2. The van der Waals surface area contributed by atoms with Crippen molar-refractivity contribution < 1.29 is 76.5 Å². The maximum atomic E-state index is 14.7. The second kappa shape index (κ2) is 8.02. The van der Waals surface area contributed by atoms with Crippen LogP contribution in [-0.2, 0) is 14.3 Å². The van der Waals surface area contributed by atoms with Crippen LogP contribution in [0, 0.1) is 5.92 Å². The van der Waals surface area contributed by atoms with Gasteiger partial charge in [-0.15, -0.1) is 0 Å². The Bertz CT molecular complexity index is 747. The number of carbonyl (C=O) groups is 1. The molecule has 1 saturated heterocycles. The molecule has 2 fully saturated rings. The third-order valence-corrected chi connectivity index (χ3v) is 5.61. The lowest BCUT2D eigenvalue weighted by Crippen LogP contribution is -2.76. The molecule has 0 aromatic rings. The molecule has 0 aromatic heterocycles. The van der Waals surface area contributed by atoms with Crippen LogP contribution in [0.15, 0.2) is 0 Å². The van der Waals surface area contributed by atoms with E-state index in [0.29, 0.717) is 6.42 Å². The molecule has 2 unspecified atom stereocenters. The Morgan fingerprint density at radius 1 is 0.939 bits per heavy atom. The molecular weight excluding hydrogens is 503 g/mol. The summed E-state index contributed by atoms with van der Waals surface area (Å²) in [5, 5.41) is 9.25. The number of alkyl halides is 13. The van der Waals surface area contributed by atoms with Gasteiger partial charge in [-0.05, 0) is 12.8 Å². The van der Waals surface area contributed by atoms with Gasteiger partial charge in [0.1, 0.15) is 6.61 Å². The van der Waals surface area contributed by atoms with Crippen molar-refractivity contribution in [2.24, 2.45) is 5.92 Å². The highest BCUT2D eigenvalue weighted by Crippen LogP contribution is 2.64. The molecule has 0 spiro atoms. The van der Waals surface area contributed by atoms with E-state index in [1.54, 1.807) is 0 Å². The summed E-state index contributed by atoms with van der Waals surface area (Å²) in [4.78, 5) is 12.2. The molecule has 1 aliphatic heterocycles. The van der Waals surface area contributed by atoms with Gasteiger partial charge in [-0.1, -0.05) is 19.3 Å². The molecule has 1 saturated carbocycles. The fourth-order valence-electron chi connectivity index (χ4n) is 3.56. The summed E-state index contributed by atoms with van der Waals surface area (Å²) in [6.45, 7) is -3.09. The number of aliphatic hydroxyl groups is 1. The Hall–Kier alpha value is -1.52. The average Bonchev–Trinajstić information content (AvgIpc) is 2.90. The number of hydrogen-bond acceptors (Lipinski definition) is 4. The first-order chi connectivity index (χ1) is 14.6. The van der Waals surface area contributed by atoms with E-state index in [-0.39, 0.29) is 25.7 Å². The van der Waals surface area contributed by atoms with E-state index < -0.39 is 66.2 Å². The molecule has 4 nitrogen and oxygen atoms in total. The van der Waals surface area contributed by atoms with Gasteiger partial charge < -0.3 is 14.6 Å². The summed E-state index contributed by atoms with van der Waals surface area (Å²) < 4.78 is 184. The van der Waals surface area contributed by atoms with Crippen molar-refractivity contribution >= 4 is 5.97 Å². The highest BCUT2D eigenvalue weighted by molar-refractivity contribution is 5.73. The molecule has 2 atom stereocenters. The van der Waals surface area contributed by atoms with Crippen molar-refractivity contribution in [3.8, 4) is 0 Å². The minimum Gasteiger partial charge on any atom is -0.443 e. The molecule has 1 heterocycles. The van der Waals surface area contributed by atoms with E-state index in [9.17, 15) is 67.0 Å². The van der Waals surface area contributed by atoms with Gasteiger partial charge in [0.15, 0.2) is 0 Å². The maximum Gasteiger partial charge on any atom is 0.449 e. The van der Waals surface area contributed by atoms with E-state index in [0.717, 1.165) is 0 Å². The second-order valence-corrected chi connectivity index (χ2v) is 7.66. The van der Waals surface area contributed by atoms with Crippen LogP contribution in [0.25, 0.3) is 0 Å². The van der Waals surface area contributed by atoms with Gasteiger partial charge in [-0.3, -0.25) is 4.79 Å². The first-order valence-electron chi connectivity index (χ1n) is 9.09. The third kappa shape index (κ3) is 3.63. The Morgan fingerprint density at radius 2 is 1.42 bits per heavy atom. The van der Waals surface area contributed by atoms with Crippen LogP contribution in [0.2, 0.25) is 0 Å². The summed E-state index contributed by atoms with van der Waals surface area (Å²) in [6, 6.07) is 0. The van der Waals surface area contributed by atoms with Gasteiger partial charge in [0.2, 0.25) is 0 Å². The summed E-state index contributed by atoms with van der Waals surface area (Å²) in [5.41, 5.74) is -5.94. The lowest BCUT2D eigenvalue weighted by atomic mass is 9.80. The van der Waals surface area contributed by atoms with Crippen molar-refractivity contribution in [2.45, 2.75) is 79.8 Å². The zero-order chi connectivity index (χ0) is 25.9. The topological polar surface area (TPSA) is 55.8 Å². The predicted octanol–water partition coefficient (Wildman–Crippen LogP) is 4.94. The Kier molecular flexibility index (Phi) is 6.74. The molecule has 2 rings (SSSR count). The van der Waals surface area contributed by atoms with Gasteiger partial charge >= 0.3 is 48.0 Å². The van der Waals surface area contributed by atoms with E-state index in [1.165, 1.54) is 0 Å². The minimum absolute atomic E-state index is 0.155. The van der Waals surface area contributed by atoms with E-state index in [2.05, 4.69) is 9.47 Å². The number of carbonyl (C=O) groups excluding carboxylic acids is 1. The van der Waals surface area contributed by atoms with Crippen LogP contribution in [0.3, 0.4) is 0 Å². The first-order valence-corrected chi connectivity index (χ1v) is 9.09. The molecule has 1 aliphatic carbocycles. The Labute approximate surface area is 176 Å². The van der Waals surface area contributed by atoms with Gasteiger partial charge in [-0.2, -0.15) is 48.3 Å². The maximum absolute atomic E-state index is 14.7. The van der Waals surface area contributed by atoms with E-state index in [1.807, 2.05) is 0 Å². The van der Waals surface area contributed by atoms with Crippen LogP contribution < -0.4 is 0 Å². The molecular formula is C16H15F13O4. The summed E-state index contributed by atoms with van der Waals surface area (Å²) in [5.74, 6) is -38.5. The molecule has 17 heteroatoms. The van der Waals surface area contributed by atoms with Gasteiger partial charge in [0.25, 0.3) is 5.60 Å². The lowest BCUT2D eigenvalue weighted by Gasteiger charge is -2.45. The average molecular weight is 518 g/mol. The third-order valence-electron chi connectivity index (χ3n) is 5.61. The zero-order valence-corrected chi connectivity index (χ0v) is 16.0. The van der Waals surface area contributed by atoms with E-state index >= 15 is 0 Å². The molecule has 0 bridgehead atoms. The van der Waals surface area contributed by atoms with Crippen molar-refractivity contribution in [2.75, 3.05) is 6.61 Å². The fraction of sp³-hybridized carbons (Fsp3) is 0.938. The number of esters is 1. The summed E-state index contributed by atoms with van der Waals surface area (Å²) >= 11 is 0. The van der Waals surface area contributed by atoms with Crippen molar-refractivity contribution in [3.05, 3.63) is 0 Å². The Morgan fingerprint density at radius 3 is 1.82 bits per heavy atom. The zero-order valence-electron chi connectivity index (χ0n) is 16.0. The normalized spacial score (nSPS) is 30.0. The van der Waals surface area contributed by atoms with Crippen LogP contribution in [0.5, 0.6) is 0 Å². The molecule has 1 N–H and O–H groups in total. The highest BCUT2D eigenvalue weighted by atomic mass is 19.4. The van der Waals surface area contributed by atoms with Gasteiger partial charge in [0.05, 0.1) is 5.92 Å². The Balaban J connectivity index is 2.72. The largest absolute Gasteiger partial charge is 0.449 e. The molecule has 0 amide bonds. The number of halogens is 13. The highest BCUT2D eigenvalue weighted by Gasteiger charge is 2.95. The van der Waals surface area contributed by atoms with Gasteiger partial charge in [-0.25, -0.2) is 8.78 Å². The fourth-order valence-corrected chi connectivity index (χ4v) is 3.56. The predicted molar refractivity (Wildman–Crippen MR) is 78.1 cm³/mol. The first kappa shape index (κ1) is 27.7. The lowest BCUT2D eigenvalue weighted by molar-refractivity contribution is -0.433. The summed E-state index contributed by atoms with van der Waals surface area (Å²) in [7, 11) is 0. The van der Waals surface area contributed by atoms with Crippen molar-refractivity contribution in [3.63, 3.8) is 0 Å². The second-order valence-electron chi connectivity index (χ2n) is 7.66. The van der Waals surface area contributed by atoms with Gasteiger partial charge in [0, 0.05) is 0 Å². The smallest absolute Gasteiger partial charge is 0.443 e. The van der Waals surface area contributed by atoms with Crippen LogP contribution in [-0.4, -0.2) is 65.4 Å². The number of hydrogen-bond donors (Lipinski definition) is 1. The van der Waals surface area contributed by atoms with Crippen LogP contribution in [0.4, 0.5) is 57.1 Å². The number of ether oxygens (including phenoxy) is 2. The van der Waals surface area contributed by atoms with Crippen LogP contribution >= 0.6 is 0 Å². The summed E-state index contributed by atoms with van der Waals surface area (Å²) in [6.07, 6.45) is -12.1. The monoisotopic (exact) mass is 518 g/mol. The van der Waals surface area contributed by atoms with Crippen molar-refractivity contribution in [1.29, 1.82) is 0 Å². The van der Waals surface area contributed by atoms with Crippen molar-refractivity contribution in [1.82, 2.24) is 0 Å². The molecule has 0 radical (unpaired) electrons. The number of rotatable bonds is 6. The minimum atomic E-state index is -7.51. The molecule has 194 valence electrons. The quantitative estimate of drug-likeness (QED) is 0.400. The SMILES string of the molecule is O=C(OC1(C(F)(F)C(F)(F)C(F)(F)C(F)F)COC(O)(C(F)(F)F)C1(F)F)C1CCCCC1.